The SMILES string of the molecule is CC(C)[C@@H](C)[C@@]1(C)CC[C@]2(C)[C@H]3CC[C@@H]4[C@@]5(COC[C@]4(C)[C@@H](O)[C@H](C)C5)C3=CC[C@@]2(C)[C@@H]1C(=O)OCc1ccccc1.CC(C)[C@@H](C)[C@@]1(C)CC[C@]2(C)[C@H]3CC[C@@H]4[C@@]5(COC[C@]4(C)[C@@H](OC[C@@H](C)C(C)(C)C)[C@H](C)C5)C3=CC[C@@]2(C)[C@@H]1C(=O)OCc1ccccc1.Cc1ccc(S(=O)(=O)N2C[C@@H]2C(C)(C)C)cc1. The van der Waals surface area contributed by atoms with Crippen molar-refractivity contribution in [2.24, 2.45) is 142 Å². The van der Waals surface area contributed by atoms with Crippen LogP contribution in [-0.2, 0) is 56.5 Å². The average molecular weight is 1510 g/mol. The molecule has 11 nitrogen and oxygen atoms in total. The maximum Gasteiger partial charge on any atom is 0.310 e. The van der Waals surface area contributed by atoms with Crippen molar-refractivity contribution in [1.29, 1.82) is 0 Å². The first-order chi connectivity index (χ1) is 50.3. The summed E-state index contributed by atoms with van der Waals surface area (Å²) in [6.45, 7) is 61.1. The molecule has 0 spiro atoms. The number of allylic oxidation sites excluding steroid dienone is 2. The molecule has 0 aromatic heterocycles. The molecular weight excluding hydrogens is 1360 g/mol. The van der Waals surface area contributed by atoms with E-state index in [4.69, 9.17) is 23.7 Å². The second-order valence-corrected chi connectivity index (χ2v) is 44.7. The number of nitrogens with zero attached hydrogens (tertiary/aromatic N) is 1. The molecule has 0 amide bonds. The van der Waals surface area contributed by atoms with Crippen LogP contribution in [0.15, 0.2) is 113 Å². The summed E-state index contributed by atoms with van der Waals surface area (Å²) in [5, 5.41) is 11.4. The van der Waals surface area contributed by atoms with Crippen LogP contribution >= 0.6 is 0 Å². The quantitative estimate of drug-likeness (QED) is 0.0889. The number of ether oxygens (including phenoxy) is 5. The van der Waals surface area contributed by atoms with Crippen molar-refractivity contribution in [3.8, 4) is 0 Å². The highest BCUT2D eigenvalue weighted by atomic mass is 32.2. The Kier molecular flexibility index (Phi) is 22.8. The minimum absolute atomic E-state index is 0.00258. The van der Waals surface area contributed by atoms with Crippen molar-refractivity contribution in [1.82, 2.24) is 4.31 Å². The Labute approximate surface area is 655 Å². The van der Waals surface area contributed by atoms with Gasteiger partial charge in [0.2, 0.25) is 10.0 Å². The van der Waals surface area contributed by atoms with Gasteiger partial charge in [0.25, 0.3) is 0 Å². The molecule has 25 atom stereocenters. The topological polar surface area (TPSA) is 138 Å². The van der Waals surface area contributed by atoms with Crippen LogP contribution in [0.5, 0.6) is 0 Å². The highest BCUT2D eigenvalue weighted by Gasteiger charge is 2.74. The number of esters is 2. The summed E-state index contributed by atoms with van der Waals surface area (Å²) >= 11 is 0. The maximum atomic E-state index is 14.7. The fourth-order valence-electron chi connectivity index (χ4n) is 26.4. The van der Waals surface area contributed by atoms with Crippen molar-refractivity contribution in [3.05, 3.63) is 125 Å². The molecule has 108 heavy (non-hydrogen) atoms. The summed E-state index contributed by atoms with van der Waals surface area (Å²) in [4.78, 5) is 29.6. The summed E-state index contributed by atoms with van der Waals surface area (Å²) in [6, 6.07) is 27.5. The molecule has 3 saturated heterocycles. The molecular formula is C96H145NO10S. The van der Waals surface area contributed by atoms with E-state index in [0.717, 1.165) is 107 Å². The van der Waals surface area contributed by atoms with Gasteiger partial charge in [-0.3, -0.25) is 9.59 Å². The largest absolute Gasteiger partial charge is 0.461 e. The van der Waals surface area contributed by atoms with Crippen molar-refractivity contribution < 1.29 is 46.8 Å². The number of carbonyl (C=O) groups excluding carboxylic acids is 2. The number of carbonyl (C=O) groups is 2. The van der Waals surface area contributed by atoms with Crippen LogP contribution in [0.25, 0.3) is 0 Å². The first kappa shape index (κ1) is 83.3. The fraction of sp³-hybridized carbons (Fsp3) is 0.750. The van der Waals surface area contributed by atoms with E-state index in [1.54, 1.807) is 27.6 Å². The van der Waals surface area contributed by atoms with Crippen LogP contribution in [0.1, 0.15) is 253 Å². The monoisotopic (exact) mass is 1500 g/mol. The summed E-state index contributed by atoms with van der Waals surface area (Å²) in [7, 11) is -3.28. The van der Waals surface area contributed by atoms with Crippen molar-refractivity contribution >= 4 is 22.0 Å². The van der Waals surface area contributed by atoms with E-state index in [2.05, 4.69) is 184 Å². The van der Waals surface area contributed by atoms with E-state index in [0.29, 0.717) is 90.4 Å². The third-order valence-electron chi connectivity index (χ3n) is 34.4. The molecule has 600 valence electrons. The molecule has 1 unspecified atom stereocenters. The lowest BCUT2D eigenvalue weighted by Crippen LogP contribution is -2.69. The number of sulfonamides is 1. The molecule has 8 aliphatic carbocycles. The molecule has 4 bridgehead atoms. The van der Waals surface area contributed by atoms with E-state index in [1.807, 2.05) is 67.6 Å². The van der Waals surface area contributed by atoms with Crippen LogP contribution in [0, 0.1) is 149 Å². The minimum Gasteiger partial charge on any atom is -0.461 e. The number of aryl methyl sites for hydroxylation is 1. The Morgan fingerprint density at radius 1 is 0.565 bits per heavy atom. The molecule has 6 saturated carbocycles. The van der Waals surface area contributed by atoms with Gasteiger partial charge in [-0.05, 0) is 216 Å². The Hall–Kier alpha value is -4.17. The number of aliphatic hydroxyl groups excluding tert-OH is 1. The minimum atomic E-state index is -3.28. The van der Waals surface area contributed by atoms with E-state index in [9.17, 15) is 23.1 Å². The van der Waals surface area contributed by atoms with Gasteiger partial charge in [-0.25, -0.2) is 8.42 Å². The van der Waals surface area contributed by atoms with Gasteiger partial charge in [0.15, 0.2) is 0 Å². The Morgan fingerprint density at radius 3 is 1.41 bits per heavy atom. The molecule has 3 aromatic carbocycles. The van der Waals surface area contributed by atoms with E-state index < -0.39 is 10.0 Å². The Morgan fingerprint density at radius 2 is 0.991 bits per heavy atom. The van der Waals surface area contributed by atoms with E-state index in [1.165, 1.54) is 12.8 Å². The second-order valence-electron chi connectivity index (χ2n) is 42.8. The number of hydrogen-bond donors (Lipinski definition) is 1. The predicted molar refractivity (Wildman–Crippen MR) is 435 cm³/mol. The number of fused-ring (bicyclic) bond motifs is 6. The third kappa shape index (κ3) is 13.7. The first-order valence-corrected chi connectivity index (χ1v) is 44.1. The third-order valence-corrected chi connectivity index (χ3v) is 36.3. The van der Waals surface area contributed by atoms with Crippen molar-refractivity contribution in [2.75, 3.05) is 39.6 Å². The smallest absolute Gasteiger partial charge is 0.310 e. The highest BCUT2D eigenvalue weighted by Crippen LogP contribution is 2.78. The summed E-state index contributed by atoms with van der Waals surface area (Å²) in [6.07, 6.45) is 18.2. The van der Waals surface area contributed by atoms with E-state index >= 15 is 0 Å². The zero-order valence-corrected chi connectivity index (χ0v) is 72.4. The van der Waals surface area contributed by atoms with E-state index in [-0.39, 0.29) is 113 Å². The fourth-order valence-corrected chi connectivity index (χ4v) is 28.2. The zero-order valence-electron chi connectivity index (χ0n) is 71.6. The van der Waals surface area contributed by atoms with Gasteiger partial charge >= 0.3 is 11.9 Å². The molecule has 3 aliphatic heterocycles. The van der Waals surface area contributed by atoms with Crippen LogP contribution < -0.4 is 0 Å². The van der Waals surface area contributed by atoms with Gasteiger partial charge in [-0.2, -0.15) is 4.31 Å². The number of aliphatic hydroxyl groups is 1. The van der Waals surface area contributed by atoms with Gasteiger partial charge in [0, 0.05) is 34.2 Å². The molecule has 3 heterocycles. The molecule has 3 aromatic rings. The molecule has 1 N–H and O–H groups in total. The van der Waals surface area contributed by atoms with Crippen LogP contribution in [0.4, 0.5) is 0 Å². The lowest BCUT2D eigenvalue weighted by atomic mass is 9.34. The molecule has 14 rings (SSSR count). The van der Waals surface area contributed by atoms with Gasteiger partial charge in [-0.15, -0.1) is 0 Å². The Balaban J connectivity index is 0.000000167. The molecule has 12 heteroatoms. The number of rotatable bonds is 15. The molecule has 0 radical (unpaired) electrons. The van der Waals surface area contributed by atoms with Gasteiger partial charge in [0.05, 0.1) is 62.0 Å². The highest BCUT2D eigenvalue weighted by molar-refractivity contribution is 7.89. The zero-order chi connectivity index (χ0) is 78.9. The van der Waals surface area contributed by atoms with Crippen molar-refractivity contribution in [3.63, 3.8) is 0 Å². The second kappa shape index (κ2) is 29.6. The molecule has 9 fully saturated rings. The predicted octanol–water partition coefficient (Wildman–Crippen LogP) is 21.6. The normalized spacial score (nSPS) is 41.7. The molecule has 11 aliphatic rings. The van der Waals surface area contributed by atoms with Crippen LogP contribution in [-0.4, -0.2) is 87.6 Å². The standard InChI is InChI=1S/C45H70O4.C38H56O4.C13H19NO2S/c1-29(2)32(5)41(9)22-23-43(11)34-18-19-36-42(10)27-47-28-45(36,24-30(3)38(42)48-25-31(4)40(6,7)8)35(34)20-21-44(43,12)37(41)39(46)49-26-33-16-14-13-15-17-33;1-24(2)26(4)34(5)18-19-36(7)28-14-15-30-35(6)22-41-23-38(30,20-25(3)32(35)39)29(28)16-17-37(36,8)31(34)33(40)42-21-27-12-10-9-11-13-27;1-10-5-7-11(8-6-10)17(15,16)14-9-12(14)13(2,3)4/h13-17,20,29-32,34,36-38H,18-19,21-28H2,1-12H3;9-13,16,24-26,28,30-32,39H,14-15,17-23H2,1-8H3;5-8,12H,9H2,1-4H3/t30-,31-,32-,34+,36+,37-,38+,41-,42+,43-,44+,45+;25-,26-,28+,30+,31-,32+,34-,35+,36-,37+,38+;12-,14?/m111/s1. The summed E-state index contributed by atoms with van der Waals surface area (Å²) < 4.78 is 58.9. The summed E-state index contributed by atoms with van der Waals surface area (Å²) in [5.74, 6) is 4.63. The van der Waals surface area contributed by atoms with Gasteiger partial charge < -0.3 is 28.8 Å². The van der Waals surface area contributed by atoms with Gasteiger partial charge in [0.1, 0.15) is 13.2 Å². The maximum absolute atomic E-state index is 14.7. The number of benzene rings is 3. The first-order valence-electron chi connectivity index (χ1n) is 42.7. The van der Waals surface area contributed by atoms with Gasteiger partial charge in [-0.1, -0.05) is 261 Å². The van der Waals surface area contributed by atoms with Crippen LogP contribution in [0.2, 0.25) is 0 Å². The Bertz CT molecular complexity index is 3890. The van der Waals surface area contributed by atoms with Crippen molar-refractivity contribution in [2.45, 2.75) is 280 Å². The summed E-state index contributed by atoms with van der Waals surface area (Å²) in [5.41, 5.74) is 5.95. The lowest BCUT2D eigenvalue weighted by Gasteiger charge is -2.71. The van der Waals surface area contributed by atoms with Crippen LogP contribution in [0.3, 0.4) is 0 Å². The lowest BCUT2D eigenvalue weighted by molar-refractivity contribution is -0.253. The average Bonchev–Trinajstić information content (AvgIpc) is 1.28. The number of hydrogen-bond acceptors (Lipinski definition) is 10.